The van der Waals surface area contributed by atoms with Gasteiger partial charge in [-0.25, -0.2) is 0 Å². The van der Waals surface area contributed by atoms with Gasteiger partial charge in [0, 0.05) is 13.7 Å². The van der Waals surface area contributed by atoms with Crippen LogP contribution in [0, 0.1) is 0 Å². The van der Waals surface area contributed by atoms with Gasteiger partial charge in [0.05, 0.1) is 25.9 Å². The number of aliphatic hydroxyl groups excluding tert-OH is 1. The number of carbonyl (C=O) groups excluding carboxylic acids is 1. The number of ether oxygens (including phenoxy) is 2. The van der Waals surface area contributed by atoms with E-state index in [0.717, 1.165) is 0 Å². The zero-order chi connectivity index (χ0) is 11.5. The van der Waals surface area contributed by atoms with Crippen LogP contribution in [0.1, 0.15) is 13.8 Å². The smallest absolute Gasteiger partial charge is 0.254 e. The Bertz CT molecular complexity index is 229. The molecule has 88 valence electrons. The Hall–Kier alpha value is -0.650. The maximum Gasteiger partial charge on any atom is 0.254 e. The fraction of sp³-hybridized carbons (Fsp3) is 0.900. The predicted octanol–water partition coefficient (Wildman–Crippen LogP) is -0.369. The number of hydrogen-bond acceptors (Lipinski definition) is 4. The lowest BCUT2D eigenvalue weighted by molar-refractivity contribution is -0.161. The van der Waals surface area contributed by atoms with Crippen molar-refractivity contribution in [3.8, 4) is 0 Å². The first-order valence-corrected chi connectivity index (χ1v) is 5.07. The molecule has 0 radical (unpaired) electrons. The van der Waals surface area contributed by atoms with Gasteiger partial charge in [0.15, 0.2) is 0 Å². The minimum absolute atomic E-state index is 0.0778. The van der Waals surface area contributed by atoms with Crippen LogP contribution in [0.4, 0.5) is 0 Å². The summed E-state index contributed by atoms with van der Waals surface area (Å²) in [6, 6.07) is -0.249. The molecule has 1 fully saturated rings. The van der Waals surface area contributed by atoms with Crippen LogP contribution in [0.3, 0.4) is 0 Å². The molecule has 0 aromatic heterocycles. The average Bonchev–Trinajstić information content (AvgIpc) is 2.28. The second-order valence-electron chi connectivity index (χ2n) is 4.12. The molecular weight excluding hydrogens is 198 g/mol. The number of morpholine rings is 1. The van der Waals surface area contributed by atoms with Crippen LogP contribution < -0.4 is 0 Å². The van der Waals surface area contributed by atoms with Gasteiger partial charge in [0.2, 0.25) is 0 Å². The van der Waals surface area contributed by atoms with E-state index in [1.807, 2.05) is 0 Å². The Kier molecular flexibility index (Phi) is 4.07. The number of carbonyl (C=O) groups is 1. The van der Waals surface area contributed by atoms with Gasteiger partial charge in [-0.1, -0.05) is 0 Å². The van der Waals surface area contributed by atoms with Crippen molar-refractivity contribution in [2.45, 2.75) is 25.5 Å². The van der Waals surface area contributed by atoms with E-state index in [9.17, 15) is 4.79 Å². The maximum absolute atomic E-state index is 12.1. The average molecular weight is 217 g/mol. The molecule has 0 spiro atoms. The van der Waals surface area contributed by atoms with Crippen LogP contribution >= 0.6 is 0 Å². The van der Waals surface area contributed by atoms with Crippen LogP contribution in [-0.2, 0) is 14.3 Å². The molecule has 0 bridgehead atoms. The number of hydrogen-bond donors (Lipinski definition) is 1. The molecule has 1 N–H and O–H groups in total. The Morgan fingerprint density at radius 1 is 1.67 bits per heavy atom. The van der Waals surface area contributed by atoms with Crippen LogP contribution in [0.2, 0.25) is 0 Å². The quantitative estimate of drug-likeness (QED) is 0.701. The second-order valence-corrected chi connectivity index (χ2v) is 4.12. The molecule has 5 nitrogen and oxygen atoms in total. The van der Waals surface area contributed by atoms with Crippen molar-refractivity contribution in [2.75, 3.05) is 33.5 Å². The number of rotatable bonds is 3. The van der Waals surface area contributed by atoms with E-state index in [-0.39, 0.29) is 18.6 Å². The lowest BCUT2D eigenvalue weighted by atomic mass is 10.1. The molecule has 5 heteroatoms. The zero-order valence-corrected chi connectivity index (χ0v) is 9.52. The van der Waals surface area contributed by atoms with Crippen molar-refractivity contribution in [2.24, 2.45) is 0 Å². The van der Waals surface area contributed by atoms with Crippen molar-refractivity contribution in [1.82, 2.24) is 4.90 Å². The van der Waals surface area contributed by atoms with Crippen molar-refractivity contribution in [3.63, 3.8) is 0 Å². The molecule has 1 atom stereocenters. The van der Waals surface area contributed by atoms with Crippen LogP contribution in [0.25, 0.3) is 0 Å². The minimum atomic E-state index is -0.843. The first kappa shape index (κ1) is 12.4. The molecule has 1 aliphatic rings. The molecule has 1 rings (SSSR count). The summed E-state index contributed by atoms with van der Waals surface area (Å²) in [5, 5.41) is 9.13. The Morgan fingerprint density at radius 3 is 2.87 bits per heavy atom. The third-order valence-corrected chi connectivity index (χ3v) is 2.72. The Morgan fingerprint density at radius 2 is 2.33 bits per heavy atom. The van der Waals surface area contributed by atoms with Crippen molar-refractivity contribution >= 4 is 5.91 Å². The van der Waals surface area contributed by atoms with E-state index >= 15 is 0 Å². The van der Waals surface area contributed by atoms with Gasteiger partial charge in [-0.3, -0.25) is 4.79 Å². The molecule has 15 heavy (non-hydrogen) atoms. The van der Waals surface area contributed by atoms with Gasteiger partial charge in [-0.2, -0.15) is 0 Å². The van der Waals surface area contributed by atoms with Gasteiger partial charge in [0.1, 0.15) is 5.60 Å². The third-order valence-electron chi connectivity index (χ3n) is 2.72. The summed E-state index contributed by atoms with van der Waals surface area (Å²) in [4.78, 5) is 13.7. The molecule has 1 heterocycles. The van der Waals surface area contributed by atoms with Crippen molar-refractivity contribution in [1.29, 1.82) is 0 Å². The second kappa shape index (κ2) is 4.92. The summed E-state index contributed by atoms with van der Waals surface area (Å²) < 4.78 is 10.3. The molecule has 0 saturated carbocycles. The first-order valence-electron chi connectivity index (χ1n) is 5.07. The summed E-state index contributed by atoms with van der Waals surface area (Å²) in [6.45, 7) is 4.78. The molecule has 1 aliphatic heterocycles. The van der Waals surface area contributed by atoms with Gasteiger partial charge in [-0.05, 0) is 13.8 Å². The Labute approximate surface area is 90.0 Å². The van der Waals surface area contributed by atoms with Crippen LogP contribution in [0.5, 0.6) is 0 Å². The van der Waals surface area contributed by atoms with Gasteiger partial charge >= 0.3 is 0 Å². The molecular formula is C10H19NO4. The van der Waals surface area contributed by atoms with Crippen molar-refractivity contribution in [3.05, 3.63) is 0 Å². The van der Waals surface area contributed by atoms with E-state index in [0.29, 0.717) is 19.8 Å². The fourth-order valence-corrected chi connectivity index (χ4v) is 1.51. The molecule has 0 aromatic rings. The predicted molar refractivity (Wildman–Crippen MR) is 54.5 cm³/mol. The van der Waals surface area contributed by atoms with Gasteiger partial charge < -0.3 is 19.5 Å². The van der Waals surface area contributed by atoms with E-state index in [1.165, 1.54) is 7.11 Å². The topological polar surface area (TPSA) is 59.0 Å². The number of amides is 1. The highest BCUT2D eigenvalue weighted by molar-refractivity contribution is 5.84. The molecule has 1 saturated heterocycles. The molecule has 1 amide bonds. The lowest BCUT2D eigenvalue weighted by Gasteiger charge is -2.38. The molecule has 0 aromatic carbocycles. The van der Waals surface area contributed by atoms with Crippen LogP contribution in [0.15, 0.2) is 0 Å². The number of nitrogens with zero attached hydrogens (tertiary/aromatic N) is 1. The summed E-state index contributed by atoms with van der Waals surface area (Å²) in [7, 11) is 1.51. The maximum atomic E-state index is 12.1. The highest BCUT2D eigenvalue weighted by atomic mass is 16.5. The van der Waals surface area contributed by atoms with E-state index in [2.05, 4.69) is 0 Å². The van der Waals surface area contributed by atoms with E-state index in [4.69, 9.17) is 14.6 Å². The summed E-state index contributed by atoms with van der Waals surface area (Å²) in [6.07, 6.45) is 0. The zero-order valence-electron chi connectivity index (χ0n) is 9.52. The largest absolute Gasteiger partial charge is 0.394 e. The monoisotopic (exact) mass is 217 g/mol. The molecule has 0 aliphatic carbocycles. The number of methoxy groups -OCH3 is 1. The van der Waals surface area contributed by atoms with E-state index in [1.54, 1.807) is 18.7 Å². The van der Waals surface area contributed by atoms with Gasteiger partial charge in [0.25, 0.3) is 5.91 Å². The standard InChI is InChI=1S/C10H19NO4/c1-10(2,14-3)9(13)11-4-5-15-7-8(11)6-12/h8,12H,4-7H2,1-3H3. The van der Waals surface area contributed by atoms with Gasteiger partial charge in [-0.15, -0.1) is 0 Å². The summed E-state index contributed by atoms with van der Waals surface area (Å²) in [5.41, 5.74) is -0.843. The fourth-order valence-electron chi connectivity index (χ4n) is 1.51. The summed E-state index contributed by atoms with van der Waals surface area (Å²) in [5.74, 6) is -0.104. The third kappa shape index (κ3) is 2.68. The Balaban J connectivity index is 2.72. The molecule has 1 unspecified atom stereocenters. The highest BCUT2D eigenvalue weighted by Gasteiger charge is 2.36. The normalized spacial score (nSPS) is 22.9. The SMILES string of the molecule is COC(C)(C)C(=O)N1CCOCC1CO. The minimum Gasteiger partial charge on any atom is -0.394 e. The van der Waals surface area contributed by atoms with Crippen molar-refractivity contribution < 1.29 is 19.4 Å². The summed E-state index contributed by atoms with van der Waals surface area (Å²) >= 11 is 0. The number of aliphatic hydroxyl groups is 1. The first-order chi connectivity index (χ1) is 7.03. The lowest BCUT2D eigenvalue weighted by Crippen LogP contribution is -2.56. The van der Waals surface area contributed by atoms with Crippen LogP contribution in [-0.4, -0.2) is 61.0 Å². The highest BCUT2D eigenvalue weighted by Crippen LogP contribution is 2.16. The van der Waals surface area contributed by atoms with E-state index < -0.39 is 5.60 Å².